The van der Waals surface area contributed by atoms with E-state index < -0.39 is 0 Å². The Morgan fingerprint density at radius 1 is 1.44 bits per heavy atom. The number of rotatable bonds is 6. The van der Waals surface area contributed by atoms with Gasteiger partial charge in [-0.2, -0.15) is 0 Å². The molecular weight excluding hydrogens is 208 g/mol. The summed E-state index contributed by atoms with van der Waals surface area (Å²) in [5.41, 5.74) is 0. The molecule has 2 amide bonds. The Balaban J connectivity index is 2.22. The van der Waals surface area contributed by atoms with Gasteiger partial charge in [0.1, 0.15) is 0 Å². The molecule has 0 spiro atoms. The van der Waals surface area contributed by atoms with Crippen molar-refractivity contribution in [1.29, 1.82) is 0 Å². The van der Waals surface area contributed by atoms with Crippen LogP contribution in [0.15, 0.2) is 0 Å². The van der Waals surface area contributed by atoms with Crippen LogP contribution in [0.5, 0.6) is 0 Å². The zero-order valence-electron chi connectivity index (χ0n) is 9.99. The van der Waals surface area contributed by atoms with Gasteiger partial charge in [0.15, 0.2) is 0 Å². The van der Waals surface area contributed by atoms with Crippen LogP contribution in [0, 0.1) is 0 Å². The summed E-state index contributed by atoms with van der Waals surface area (Å²) in [5.74, 6) is -0.225. The highest BCUT2D eigenvalue weighted by molar-refractivity contribution is 6.00. The second-order valence-electron chi connectivity index (χ2n) is 3.95. The lowest BCUT2D eigenvalue weighted by Crippen LogP contribution is -2.52. The van der Waals surface area contributed by atoms with Gasteiger partial charge in [-0.25, -0.2) is 0 Å². The number of amides is 2. The molecule has 1 aliphatic heterocycles. The number of imide groups is 1. The van der Waals surface area contributed by atoms with Crippen LogP contribution >= 0.6 is 0 Å². The summed E-state index contributed by atoms with van der Waals surface area (Å²) in [6, 6.07) is -0.229. The molecule has 1 N–H and O–H groups in total. The number of ether oxygens (including phenoxy) is 1. The van der Waals surface area contributed by atoms with Gasteiger partial charge in [-0.05, 0) is 12.8 Å². The Kier molecular flexibility index (Phi) is 5.42. The summed E-state index contributed by atoms with van der Waals surface area (Å²) in [6.07, 6.45) is 2.03. The van der Waals surface area contributed by atoms with Gasteiger partial charge in [-0.3, -0.25) is 14.5 Å². The molecule has 1 atom stereocenters. The highest BCUT2D eigenvalue weighted by atomic mass is 16.5. The minimum Gasteiger partial charge on any atom is -0.380 e. The van der Waals surface area contributed by atoms with Crippen LogP contribution in [-0.2, 0) is 14.3 Å². The van der Waals surface area contributed by atoms with Crippen LogP contribution in [0.2, 0.25) is 0 Å². The predicted molar refractivity (Wildman–Crippen MR) is 59.9 cm³/mol. The first-order valence-corrected chi connectivity index (χ1v) is 5.78. The van der Waals surface area contributed by atoms with E-state index in [2.05, 4.69) is 12.2 Å². The molecule has 1 unspecified atom stereocenters. The Labute approximate surface area is 96.1 Å². The summed E-state index contributed by atoms with van der Waals surface area (Å²) in [7, 11) is 1.53. The van der Waals surface area contributed by atoms with Crippen LogP contribution in [0.25, 0.3) is 0 Å². The van der Waals surface area contributed by atoms with E-state index in [1.54, 1.807) is 0 Å². The monoisotopic (exact) mass is 228 g/mol. The molecule has 1 rings (SSSR count). The van der Waals surface area contributed by atoms with Crippen molar-refractivity contribution < 1.29 is 14.3 Å². The fourth-order valence-corrected chi connectivity index (χ4v) is 1.66. The van der Waals surface area contributed by atoms with Gasteiger partial charge in [0.05, 0.1) is 12.6 Å². The highest BCUT2D eigenvalue weighted by Crippen LogP contribution is 2.10. The smallest absolute Gasteiger partial charge is 0.246 e. The lowest BCUT2D eigenvalue weighted by molar-refractivity contribution is -0.148. The fraction of sp³-hybridized carbons (Fsp3) is 0.818. The number of hydrogen-bond acceptors (Lipinski definition) is 4. The van der Waals surface area contributed by atoms with Crippen LogP contribution < -0.4 is 5.32 Å². The average Bonchev–Trinajstić information content (AvgIpc) is 2.28. The number of carbonyl (C=O) groups is 2. The molecule has 1 fully saturated rings. The first-order valence-electron chi connectivity index (χ1n) is 5.78. The number of piperidine rings is 1. The summed E-state index contributed by atoms with van der Waals surface area (Å²) < 4.78 is 5.30. The van der Waals surface area contributed by atoms with Gasteiger partial charge in [0.25, 0.3) is 0 Å². The molecule has 92 valence electrons. The van der Waals surface area contributed by atoms with Gasteiger partial charge in [-0.1, -0.05) is 6.92 Å². The quantitative estimate of drug-likeness (QED) is 0.519. The average molecular weight is 228 g/mol. The van der Waals surface area contributed by atoms with E-state index in [4.69, 9.17) is 4.74 Å². The molecule has 1 heterocycles. The lowest BCUT2D eigenvalue weighted by Gasteiger charge is -2.28. The summed E-state index contributed by atoms with van der Waals surface area (Å²) in [5, 5.41) is 3.11. The van der Waals surface area contributed by atoms with Gasteiger partial charge in [0, 0.05) is 26.6 Å². The lowest BCUT2D eigenvalue weighted by atomic mass is 10.0. The second-order valence-corrected chi connectivity index (χ2v) is 3.95. The first-order chi connectivity index (χ1) is 7.66. The standard InChI is InChI=1S/C11H20N2O3/c1-3-7-16-8-6-12-9-4-5-10(14)13(2)11(9)15/h9,12H,3-8H2,1-2H3. The molecular formula is C11H20N2O3. The largest absolute Gasteiger partial charge is 0.380 e. The van der Waals surface area contributed by atoms with Crippen molar-refractivity contribution in [1.82, 2.24) is 10.2 Å². The van der Waals surface area contributed by atoms with Gasteiger partial charge in [-0.15, -0.1) is 0 Å². The first kappa shape index (κ1) is 13.1. The van der Waals surface area contributed by atoms with E-state index in [-0.39, 0.29) is 17.9 Å². The van der Waals surface area contributed by atoms with Crippen LogP contribution in [-0.4, -0.2) is 49.6 Å². The number of likely N-dealkylation sites (N-methyl/N-ethyl adjacent to an activating group) is 1. The highest BCUT2D eigenvalue weighted by Gasteiger charge is 2.30. The SMILES string of the molecule is CCCOCCNC1CCC(=O)N(C)C1=O. The molecule has 1 aliphatic rings. The molecule has 0 aliphatic carbocycles. The van der Waals surface area contributed by atoms with Crippen molar-refractivity contribution in [3.8, 4) is 0 Å². The number of nitrogens with zero attached hydrogens (tertiary/aromatic N) is 1. The molecule has 0 radical (unpaired) electrons. The zero-order chi connectivity index (χ0) is 12.0. The Morgan fingerprint density at radius 3 is 2.88 bits per heavy atom. The third-order valence-corrected chi connectivity index (χ3v) is 2.64. The zero-order valence-corrected chi connectivity index (χ0v) is 9.99. The molecule has 0 aromatic carbocycles. The number of hydrogen-bond donors (Lipinski definition) is 1. The van der Waals surface area contributed by atoms with Crippen LogP contribution in [0.4, 0.5) is 0 Å². The summed E-state index contributed by atoms with van der Waals surface area (Å²) >= 11 is 0. The maximum absolute atomic E-state index is 11.7. The van der Waals surface area contributed by atoms with Crippen LogP contribution in [0.1, 0.15) is 26.2 Å². The molecule has 0 aromatic rings. The van der Waals surface area contributed by atoms with Crippen molar-refractivity contribution in [3.63, 3.8) is 0 Å². The van der Waals surface area contributed by atoms with Crippen molar-refractivity contribution in [2.24, 2.45) is 0 Å². The maximum atomic E-state index is 11.7. The van der Waals surface area contributed by atoms with Crippen molar-refractivity contribution in [2.45, 2.75) is 32.2 Å². The summed E-state index contributed by atoms with van der Waals surface area (Å²) in [6.45, 7) is 4.06. The predicted octanol–water partition coefficient (Wildman–Crippen LogP) is 0.150. The van der Waals surface area contributed by atoms with Gasteiger partial charge < -0.3 is 10.1 Å². The Morgan fingerprint density at radius 2 is 2.19 bits per heavy atom. The van der Waals surface area contributed by atoms with E-state index in [1.165, 1.54) is 11.9 Å². The van der Waals surface area contributed by atoms with Gasteiger partial charge >= 0.3 is 0 Å². The molecule has 5 nitrogen and oxygen atoms in total. The molecule has 0 bridgehead atoms. The minimum atomic E-state index is -0.229. The molecule has 5 heteroatoms. The Hall–Kier alpha value is -0.940. The molecule has 16 heavy (non-hydrogen) atoms. The Bertz CT molecular complexity index is 256. The fourth-order valence-electron chi connectivity index (χ4n) is 1.66. The molecule has 1 saturated heterocycles. The van der Waals surface area contributed by atoms with Crippen molar-refractivity contribution >= 4 is 11.8 Å². The number of nitrogens with one attached hydrogen (secondary N) is 1. The topological polar surface area (TPSA) is 58.6 Å². The normalized spacial score (nSPS) is 21.6. The van der Waals surface area contributed by atoms with E-state index in [1.807, 2.05) is 0 Å². The van der Waals surface area contributed by atoms with E-state index >= 15 is 0 Å². The molecule has 0 saturated carbocycles. The second kappa shape index (κ2) is 6.60. The van der Waals surface area contributed by atoms with E-state index in [0.29, 0.717) is 26.0 Å². The van der Waals surface area contributed by atoms with E-state index in [0.717, 1.165) is 13.0 Å². The van der Waals surface area contributed by atoms with E-state index in [9.17, 15) is 9.59 Å². The number of likely N-dealkylation sites (tertiary alicyclic amines) is 1. The third-order valence-electron chi connectivity index (χ3n) is 2.64. The summed E-state index contributed by atoms with van der Waals surface area (Å²) in [4.78, 5) is 24.1. The maximum Gasteiger partial charge on any atom is 0.246 e. The molecule has 0 aromatic heterocycles. The minimum absolute atomic E-state index is 0.0923. The third kappa shape index (κ3) is 3.57. The van der Waals surface area contributed by atoms with Crippen molar-refractivity contribution in [2.75, 3.05) is 26.8 Å². The van der Waals surface area contributed by atoms with Gasteiger partial charge in [0.2, 0.25) is 11.8 Å². The van der Waals surface area contributed by atoms with Crippen LogP contribution in [0.3, 0.4) is 0 Å². The number of carbonyl (C=O) groups excluding carboxylic acids is 2. The van der Waals surface area contributed by atoms with Crippen molar-refractivity contribution in [3.05, 3.63) is 0 Å².